The molecule has 1 atom stereocenters. The zero-order valence-electron chi connectivity index (χ0n) is 13.0. The molecule has 2 rings (SSSR count). The van der Waals surface area contributed by atoms with Crippen molar-refractivity contribution in [1.29, 1.82) is 0 Å². The van der Waals surface area contributed by atoms with Gasteiger partial charge in [-0.25, -0.2) is 0 Å². The Balaban J connectivity index is 2.51. The lowest BCUT2D eigenvalue weighted by molar-refractivity contribution is 0.0856. The van der Waals surface area contributed by atoms with Crippen LogP contribution >= 0.6 is 7.14 Å². The van der Waals surface area contributed by atoms with Gasteiger partial charge in [-0.3, -0.25) is 0 Å². The smallest absolute Gasteiger partial charge is 0.147 e. The number of allylic oxidation sites excluding steroid dienone is 1. The second kappa shape index (κ2) is 7.60. The van der Waals surface area contributed by atoms with E-state index in [1.165, 1.54) is 0 Å². The summed E-state index contributed by atoms with van der Waals surface area (Å²) in [5, 5.41) is 29.9. The van der Waals surface area contributed by atoms with E-state index in [9.17, 15) is 14.8 Å². The fraction of sp³-hybridized carbons (Fsp3) is 0.222. The molecule has 0 aliphatic carbocycles. The van der Waals surface area contributed by atoms with Crippen LogP contribution in [0.1, 0.15) is 6.92 Å². The maximum Gasteiger partial charge on any atom is 0.147 e. The van der Waals surface area contributed by atoms with Crippen LogP contribution < -0.4 is 10.6 Å². The summed E-state index contributed by atoms with van der Waals surface area (Å²) in [6.45, 7) is 1.04. The lowest BCUT2D eigenvalue weighted by Gasteiger charge is -2.21. The van der Waals surface area contributed by atoms with Crippen LogP contribution in [0.25, 0.3) is 0 Å². The molecule has 0 heterocycles. The molecule has 2 aromatic carbocycles. The van der Waals surface area contributed by atoms with Gasteiger partial charge in [0, 0.05) is 16.8 Å². The Morgan fingerprint density at radius 2 is 1.43 bits per heavy atom. The van der Waals surface area contributed by atoms with Gasteiger partial charge in [-0.2, -0.15) is 0 Å². The van der Waals surface area contributed by atoms with Gasteiger partial charge in [-0.15, -0.1) is 0 Å². The maximum atomic E-state index is 13.8. The molecule has 0 aliphatic rings. The van der Waals surface area contributed by atoms with Gasteiger partial charge < -0.3 is 19.9 Å². The van der Waals surface area contributed by atoms with E-state index >= 15 is 0 Å². The molecular weight excluding hydrogens is 311 g/mol. The summed E-state index contributed by atoms with van der Waals surface area (Å²) in [6, 6.07) is 18.2. The predicted octanol–water partition coefficient (Wildman–Crippen LogP) is 2.19. The standard InChI is InChI=1S/C18H21O4P/c1-14(18(21)17(20)12-19)13-23(22,15-8-4-2-5-9-15)16-10-6-3-7-11-16/h2-11,17,19-21H,12-13H2,1H3/b18-14-. The highest BCUT2D eigenvalue weighted by atomic mass is 31.2. The normalized spacial score (nSPS) is 14.2. The van der Waals surface area contributed by atoms with Gasteiger partial charge in [0.2, 0.25) is 0 Å². The molecule has 4 nitrogen and oxygen atoms in total. The molecule has 3 N–H and O–H groups in total. The van der Waals surface area contributed by atoms with Gasteiger partial charge in [0.15, 0.2) is 0 Å². The third-order valence-corrected chi connectivity index (χ3v) is 6.92. The monoisotopic (exact) mass is 332 g/mol. The third-order valence-electron chi connectivity index (χ3n) is 3.73. The van der Waals surface area contributed by atoms with Crippen LogP contribution in [0, 0.1) is 0 Å². The Morgan fingerprint density at radius 1 is 1.00 bits per heavy atom. The fourth-order valence-electron chi connectivity index (χ4n) is 2.46. The van der Waals surface area contributed by atoms with Crippen molar-refractivity contribution in [2.24, 2.45) is 0 Å². The van der Waals surface area contributed by atoms with Crippen molar-refractivity contribution >= 4 is 17.8 Å². The van der Waals surface area contributed by atoms with Crippen LogP contribution in [0.15, 0.2) is 72.0 Å². The minimum atomic E-state index is -2.99. The quantitative estimate of drug-likeness (QED) is 0.560. The maximum absolute atomic E-state index is 13.8. The zero-order chi connectivity index (χ0) is 16.9. The fourth-order valence-corrected chi connectivity index (χ4v) is 5.26. The van der Waals surface area contributed by atoms with Crippen molar-refractivity contribution in [2.45, 2.75) is 13.0 Å². The molecule has 0 saturated heterocycles. The topological polar surface area (TPSA) is 77.8 Å². The van der Waals surface area contributed by atoms with E-state index in [1.807, 2.05) is 36.4 Å². The molecule has 0 aromatic heterocycles. The summed E-state index contributed by atoms with van der Waals surface area (Å²) in [6.07, 6.45) is -1.25. The number of hydrogen-bond donors (Lipinski definition) is 3. The molecule has 122 valence electrons. The number of aliphatic hydroxyl groups is 3. The second-order valence-electron chi connectivity index (χ2n) is 5.43. The molecule has 5 heteroatoms. The predicted molar refractivity (Wildman–Crippen MR) is 93.0 cm³/mol. The molecule has 0 aliphatic heterocycles. The summed E-state index contributed by atoms with van der Waals surface area (Å²) in [5.41, 5.74) is 0.405. The number of aliphatic hydroxyl groups excluding tert-OH is 3. The van der Waals surface area contributed by atoms with Crippen LogP contribution in [0.4, 0.5) is 0 Å². The summed E-state index contributed by atoms with van der Waals surface area (Å²) < 4.78 is 13.8. The number of hydrogen-bond acceptors (Lipinski definition) is 4. The van der Waals surface area contributed by atoms with Crippen molar-refractivity contribution in [3.8, 4) is 0 Å². The average molecular weight is 332 g/mol. The Labute approximate surface area is 136 Å². The van der Waals surface area contributed by atoms with E-state index in [2.05, 4.69) is 0 Å². The number of rotatable bonds is 6. The molecule has 0 fully saturated rings. The van der Waals surface area contributed by atoms with Crippen LogP contribution in [0.5, 0.6) is 0 Å². The Kier molecular flexibility index (Phi) is 5.78. The van der Waals surface area contributed by atoms with Crippen LogP contribution in [0.2, 0.25) is 0 Å². The van der Waals surface area contributed by atoms with E-state index < -0.39 is 19.9 Å². The van der Waals surface area contributed by atoms with Gasteiger partial charge in [0.05, 0.1) is 6.61 Å². The lowest BCUT2D eigenvalue weighted by Crippen LogP contribution is -2.22. The molecule has 0 saturated carbocycles. The molecule has 2 aromatic rings. The SMILES string of the molecule is C/C(CP(=O)(c1ccccc1)c1ccccc1)=C(/O)C(O)CO. The highest BCUT2D eigenvalue weighted by Gasteiger charge is 2.29. The van der Waals surface area contributed by atoms with Crippen molar-refractivity contribution in [2.75, 3.05) is 12.8 Å². The Bertz CT molecular complexity index is 667. The Morgan fingerprint density at radius 3 is 1.83 bits per heavy atom. The van der Waals surface area contributed by atoms with Crippen LogP contribution in [0.3, 0.4) is 0 Å². The van der Waals surface area contributed by atoms with Crippen LogP contribution in [-0.2, 0) is 4.57 Å². The zero-order valence-corrected chi connectivity index (χ0v) is 13.9. The first-order valence-corrected chi connectivity index (χ1v) is 9.26. The molecule has 0 bridgehead atoms. The number of benzene rings is 2. The summed E-state index contributed by atoms with van der Waals surface area (Å²) in [7, 11) is -2.99. The van der Waals surface area contributed by atoms with E-state index in [0.29, 0.717) is 16.2 Å². The third kappa shape index (κ3) is 3.91. The molecule has 1 unspecified atom stereocenters. The van der Waals surface area contributed by atoms with Crippen molar-refractivity contribution < 1.29 is 19.9 Å². The van der Waals surface area contributed by atoms with Crippen molar-refractivity contribution in [3.63, 3.8) is 0 Å². The van der Waals surface area contributed by atoms with E-state index in [0.717, 1.165) is 0 Å². The first-order valence-electron chi connectivity index (χ1n) is 7.37. The van der Waals surface area contributed by atoms with Gasteiger partial charge in [-0.1, -0.05) is 60.7 Å². The van der Waals surface area contributed by atoms with E-state index in [1.54, 1.807) is 31.2 Å². The molecule has 0 amide bonds. The van der Waals surface area contributed by atoms with E-state index in [-0.39, 0.29) is 11.9 Å². The molecular formula is C18H21O4P. The average Bonchev–Trinajstić information content (AvgIpc) is 2.61. The second-order valence-corrected chi connectivity index (χ2v) is 8.26. The van der Waals surface area contributed by atoms with Gasteiger partial charge in [0.1, 0.15) is 19.0 Å². The largest absolute Gasteiger partial charge is 0.510 e. The van der Waals surface area contributed by atoms with Crippen LogP contribution in [-0.4, -0.2) is 34.2 Å². The molecule has 23 heavy (non-hydrogen) atoms. The molecule has 0 spiro atoms. The first kappa shape index (κ1) is 17.5. The summed E-state index contributed by atoms with van der Waals surface area (Å²) in [4.78, 5) is 0. The molecule has 0 radical (unpaired) electrons. The lowest BCUT2D eigenvalue weighted by atomic mass is 10.2. The van der Waals surface area contributed by atoms with E-state index in [4.69, 9.17) is 5.11 Å². The Hall–Kier alpha value is -1.87. The highest BCUT2D eigenvalue weighted by molar-refractivity contribution is 7.78. The highest BCUT2D eigenvalue weighted by Crippen LogP contribution is 2.45. The van der Waals surface area contributed by atoms with Crippen molar-refractivity contribution in [1.82, 2.24) is 0 Å². The summed E-state index contributed by atoms with van der Waals surface area (Å²) in [5.74, 6) is -0.320. The summed E-state index contributed by atoms with van der Waals surface area (Å²) >= 11 is 0. The minimum Gasteiger partial charge on any atom is -0.510 e. The van der Waals surface area contributed by atoms with Gasteiger partial charge in [-0.05, 0) is 12.5 Å². The van der Waals surface area contributed by atoms with Crippen molar-refractivity contribution in [3.05, 3.63) is 72.0 Å². The first-order chi connectivity index (χ1) is 11.0. The minimum absolute atomic E-state index is 0.101. The van der Waals surface area contributed by atoms with Gasteiger partial charge in [0.25, 0.3) is 0 Å². The van der Waals surface area contributed by atoms with Gasteiger partial charge >= 0.3 is 0 Å².